The van der Waals surface area contributed by atoms with Gasteiger partial charge in [-0.15, -0.1) is 11.3 Å². The second-order valence-electron chi connectivity index (χ2n) is 11.1. The molecule has 0 aliphatic rings. The minimum absolute atomic E-state index is 0.0380. The maximum Gasteiger partial charge on any atom is 0.0629 e. The zero-order chi connectivity index (χ0) is 35.8. The van der Waals surface area contributed by atoms with Crippen molar-refractivity contribution in [2.45, 2.75) is 0 Å². The number of thiophene rings is 1. The van der Waals surface area contributed by atoms with E-state index in [1.165, 1.54) is 0 Å². The molecule has 45 heavy (non-hydrogen) atoms. The minimum atomic E-state index is 0.0380. The van der Waals surface area contributed by atoms with E-state index in [1.54, 1.807) is 59.9 Å². The molecule has 0 aliphatic carbocycles. The first-order valence-electron chi connectivity index (χ1n) is 18.3. The van der Waals surface area contributed by atoms with E-state index in [9.17, 15) is 2.74 Å². The highest BCUT2D eigenvalue weighted by Crippen LogP contribution is 2.46. The van der Waals surface area contributed by atoms with Crippen LogP contribution >= 0.6 is 11.3 Å². The average molecular weight is 596 g/mol. The van der Waals surface area contributed by atoms with Crippen LogP contribution in [0.2, 0.25) is 0 Å². The van der Waals surface area contributed by atoms with Crippen LogP contribution in [0.3, 0.4) is 0 Å². The van der Waals surface area contributed by atoms with Gasteiger partial charge in [0.1, 0.15) is 0 Å². The maximum absolute atomic E-state index is 9.47. The second kappa shape index (κ2) is 10.6. The maximum atomic E-state index is 9.47. The van der Waals surface area contributed by atoms with E-state index < -0.39 is 0 Å². The highest BCUT2D eigenvalue weighted by molar-refractivity contribution is 7.26. The topological polar surface area (TPSA) is 0 Å². The molecule has 1 aromatic heterocycles. The van der Waals surface area contributed by atoms with Crippen molar-refractivity contribution in [1.82, 2.24) is 0 Å². The Bertz CT molecular complexity index is 2840. The summed E-state index contributed by atoms with van der Waals surface area (Å²) in [5.74, 6) is 0. The molecule has 8 aromatic carbocycles. The molecule has 9 rings (SSSR count). The van der Waals surface area contributed by atoms with Crippen LogP contribution in [0.5, 0.6) is 0 Å². The summed E-state index contributed by atoms with van der Waals surface area (Å²) in [6.07, 6.45) is 0. The number of hydrogen-bond acceptors (Lipinski definition) is 1. The van der Waals surface area contributed by atoms with Crippen molar-refractivity contribution < 1.29 is 9.60 Å². The highest BCUT2D eigenvalue weighted by Gasteiger charge is 2.17. The SMILES string of the molecule is [2H]c1ccc(-c2cccc3c2sc2c(-c4cc([2H])c(-c5c6cc([2H])c([2H])cc6c(-c6ccccc6)c6cc([2H])c([2H])cc56)cc4[2H])cccc23)cc1. The molecule has 0 bridgehead atoms. The van der Waals surface area contributed by atoms with Crippen molar-refractivity contribution in [1.29, 1.82) is 0 Å². The predicted octanol–water partition coefficient (Wildman–Crippen LogP) is 13.0. The smallest absolute Gasteiger partial charge is 0.0629 e. The lowest BCUT2D eigenvalue weighted by Crippen LogP contribution is -1.90. The summed E-state index contributed by atoms with van der Waals surface area (Å²) in [7, 11) is 0. The lowest BCUT2D eigenvalue weighted by molar-refractivity contribution is 1.64. The highest BCUT2D eigenvalue weighted by atomic mass is 32.1. The molecule has 0 fully saturated rings. The van der Waals surface area contributed by atoms with Gasteiger partial charge in [-0.25, -0.2) is 0 Å². The lowest BCUT2D eigenvalue weighted by Gasteiger charge is -2.18. The van der Waals surface area contributed by atoms with Crippen molar-refractivity contribution in [3.05, 3.63) is 170 Å². The Hall–Kier alpha value is -5.50. The predicted molar refractivity (Wildman–Crippen MR) is 196 cm³/mol. The molecule has 0 aliphatic heterocycles. The summed E-state index contributed by atoms with van der Waals surface area (Å²) in [5, 5.41) is 4.92. The molecule has 1 heterocycles. The third-order valence-corrected chi connectivity index (χ3v) is 9.90. The van der Waals surface area contributed by atoms with Gasteiger partial charge in [0, 0.05) is 20.2 Å². The van der Waals surface area contributed by atoms with Crippen LogP contribution in [0.15, 0.2) is 170 Å². The summed E-state index contributed by atoms with van der Waals surface area (Å²) in [6.45, 7) is 0. The summed E-state index contributed by atoms with van der Waals surface area (Å²) in [5.41, 5.74) is 6.40. The van der Waals surface area contributed by atoms with E-state index >= 15 is 0 Å². The third-order valence-electron chi connectivity index (χ3n) is 8.61. The molecule has 0 radical (unpaired) electrons. The first kappa shape index (κ1) is 19.7. The molecule has 9 aromatic rings. The Morgan fingerprint density at radius 2 is 0.822 bits per heavy atom. The Labute approximate surface area is 276 Å². The molecule has 0 unspecified atom stereocenters. The van der Waals surface area contributed by atoms with Crippen molar-refractivity contribution >= 4 is 53.1 Å². The number of hydrogen-bond donors (Lipinski definition) is 0. The van der Waals surface area contributed by atoms with E-state index in [-0.39, 0.29) is 36.3 Å². The Balaban J connectivity index is 1.30. The van der Waals surface area contributed by atoms with Crippen LogP contribution in [0.1, 0.15) is 9.60 Å². The summed E-state index contributed by atoms with van der Waals surface area (Å²) in [6, 6.07) is 40.8. The average Bonchev–Trinajstić information content (AvgIpc) is 3.53. The zero-order valence-electron chi connectivity index (χ0n) is 31.0. The molecular formula is C44H28S. The number of fused-ring (bicyclic) bond motifs is 5. The Morgan fingerprint density at radius 1 is 0.333 bits per heavy atom. The van der Waals surface area contributed by atoms with Crippen LogP contribution in [-0.2, 0) is 0 Å². The molecular weight excluding hydrogens is 561 g/mol. The van der Waals surface area contributed by atoms with E-state index in [2.05, 4.69) is 18.2 Å². The van der Waals surface area contributed by atoms with E-state index in [1.807, 2.05) is 60.7 Å². The molecule has 0 atom stereocenters. The van der Waals surface area contributed by atoms with Crippen LogP contribution in [0.25, 0.3) is 86.2 Å². The molecule has 210 valence electrons. The van der Waals surface area contributed by atoms with Crippen molar-refractivity contribution in [2.75, 3.05) is 0 Å². The van der Waals surface area contributed by atoms with E-state index in [0.717, 1.165) is 48.0 Å². The minimum Gasteiger partial charge on any atom is -0.134 e. The second-order valence-corrected chi connectivity index (χ2v) is 12.1. The van der Waals surface area contributed by atoms with Crippen molar-refractivity contribution in [3.8, 4) is 44.5 Å². The summed E-state index contributed by atoms with van der Waals surface area (Å²) >= 11 is 1.66. The fraction of sp³-hybridized carbons (Fsp3) is 0. The van der Waals surface area contributed by atoms with Gasteiger partial charge in [0.05, 0.1) is 9.60 Å². The van der Waals surface area contributed by atoms with Gasteiger partial charge in [-0.2, -0.15) is 0 Å². The molecule has 0 nitrogen and oxygen atoms in total. The van der Waals surface area contributed by atoms with Crippen molar-refractivity contribution in [2.24, 2.45) is 0 Å². The Kier molecular flexibility index (Phi) is 4.64. The first-order valence-corrected chi connectivity index (χ1v) is 15.7. The van der Waals surface area contributed by atoms with Gasteiger partial charge in [0.25, 0.3) is 0 Å². The van der Waals surface area contributed by atoms with E-state index in [0.29, 0.717) is 44.3 Å². The lowest BCUT2D eigenvalue weighted by atomic mass is 9.86. The van der Waals surface area contributed by atoms with Crippen molar-refractivity contribution in [3.63, 3.8) is 0 Å². The van der Waals surface area contributed by atoms with Gasteiger partial charge in [-0.3, -0.25) is 0 Å². The quantitative estimate of drug-likeness (QED) is 0.178. The van der Waals surface area contributed by atoms with E-state index in [4.69, 9.17) is 6.85 Å². The van der Waals surface area contributed by atoms with Crippen LogP contribution in [0.4, 0.5) is 0 Å². The molecule has 0 saturated heterocycles. The fourth-order valence-electron chi connectivity index (χ4n) is 6.60. The zero-order valence-corrected chi connectivity index (χ0v) is 24.8. The first-order chi connectivity index (χ1) is 25.2. The van der Waals surface area contributed by atoms with Gasteiger partial charge in [-0.1, -0.05) is 170 Å². The van der Waals surface area contributed by atoms with Gasteiger partial charge < -0.3 is 0 Å². The largest absolute Gasteiger partial charge is 0.134 e. The number of benzene rings is 8. The van der Waals surface area contributed by atoms with Gasteiger partial charge >= 0.3 is 0 Å². The molecule has 0 saturated carbocycles. The fourth-order valence-corrected chi connectivity index (χ4v) is 7.96. The van der Waals surface area contributed by atoms with Gasteiger partial charge in [-0.05, 0) is 66.1 Å². The Morgan fingerprint density at radius 3 is 1.42 bits per heavy atom. The number of rotatable bonds is 4. The van der Waals surface area contributed by atoms with Crippen LogP contribution in [-0.4, -0.2) is 0 Å². The molecule has 1 heteroatoms. The standard InChI is InChI=1S/C44H28S/c1-3-13-29(14-4-1)33-21-11-23-39-40-24-12-22-34(44(40)45-43(33)39)30-25-27-32(28-26-30)42-37-19-9-7-17-35(37)41(31-15-5-2-6-16-31)36-18-8-10-20-38(36)42/h1-28H/i1D,7D,8D,9D,10D,25D,28D. The molecule has 0 amide bonds. The van der Waals surface area contributed by atoms with Gasteiger partial charge in [0.15, 0.2) is 0 Å². The summed E-state index contributed by atoms with van der Waals surface area (Å²) < 4.78 is 63.3. The molecule has 0 spiro atoms. The normalized spacial score (nSPS) is 13.7. The summed E-state index contributed by atoms with van der Waals surface area (Å²) in [4.78, 5) is 0. The van der Waals surface area contributed by atoms with Gasteiger partial charge in [0.2, 0.25) is 0 Å². The third kappa shape index (κ3) is 4.20. The van der Waals surface area contributed by atoms with Crippen LogP contribution < -0.4 is 0 Å². The monoisotopic (exact) mass is 595 g/mol. The molecule has 0 N–H and O–H groups in total. The van der Waals surface area contributed by atoms with Crippen LogP contribution in [0, 0.1) is 0 Å².